The fraction of sp³-hybridized carbons (Fsp3) is 0.0526. The van der Waals surface area contributed by atoms with Gasteiger partial charge in [-0.05, 0) is 35.4 Å². The number of aliphatic carboxylic acids is 1. The van der Waals surface area contributed by atoms with Crippen molar-refractivity contribution in [2.45, 2.75) is 6.42 Å². The molecule has 0 radical (unpaired) electrons. The molecule has 2 aromatic carbocycles. The standard InChI is InChI=1S/C19H13Cl2NO2S/c20-14-6-8-16(17(21)10-14)19-22-15(11-25-19)7-5-12-3-1-2-4-13(12)9-18(23)24/h1-8,10-11H,9H2,(H,23,24)/b7-5-. The zero-order chi connectivity index (χ0) is 17.8. The number of benzene rings is 2. The molecule has 1 N–H and O–H groups in total. The van der Waals surface area contributed by atoms with Crippen LogP contribution in [0.2, 0.25) is 10.0 Å². The Balaban J connectivity index is 1.84. The number of carbonyl (C=O) groups is 1. The number of thiazole rings is 1. The van der Waals surface area contributed by atoms with Crippen LogP contribution in [-0.4, -0.2) is 16.1 Å². The van der Waals surface area contributed by atoms with E-state index in [9.17, 15) is 4.79 Å². The Kier molecular flexibility index (Phi) is 5.53. The minimum Gasteiger partial charge on any atom is -0.481 e. The van der Waals surface area contributed by atoms with Gasteiger partial charge in [0, 0.05) is 16.0 Å². The van der Waals surface area contributed by atoms with E-state index in [2.05, 4.69) is 4.98 Å². The second kappa shape index (κ2) is 7.83. The van der Waals surface area contributed by atoms with E-state index in [0.717, 1.165) is 27.4 Å². The van der Waals surface area contributed by atoms with Gasteiger partial charge in [0.1, 0.15) is 5.01 Å². The Morgan fingerprint density at radius 3 is 2.72 bits per heavy atom. The van der Waals surface area contributed by atoms with Crippen molar-refractivity contribution in [1.29, 1.82) is 0 Å². The zero-order valence-corrected chi connectivity index (χ0v) is 15.3. The SMILES string of the molecule is O=C(O)Cc1ccccc1/C=C\c1csc(-c2ccc(Cl)cc2Cl)n1. The number of hydrogen-bond donors (Lipinski definition) is 1. The Morgan fingerprint density at radius 2 is 1.96 bits per heavy atom. The highest BCUT2D eigenvalue weighted by molar-refractivity contribution is 7.13. The van der Waals surface area contributed by atoms with Crippen molar-refractivity contribution in [3.8, 4) is 10.6 Å². The van der Waals surface area contributed by atoms with E-state index in [0.29, 0.717) is 10.0 Å². The summed E-state index contributed by atoms with van der Waals surface area (Å²) in [5.74, 6) is -0.853. The van der Waals surface area contributed by atoms with Gasteiger partial charge >= 0.3 is 5.97 Å². The average molecular weight is 390 g/mol. The van der Waals surface area contributed by atoms with Gasteiger partial charge in [-0.25, -0.2) is 4.98 Å². The molecule has 0 bridgehead atoms. The smallest absolute Gasteiger partial charge is 0.307 e. The molecule has 0 saturated carbocycles. The molecule has 0 spiro atoms. The van der Waals surface area contributed by atoms with Gasteiger partial charge in [0.2, 0.25) is 0 Å². The summed E-state index contributed by atoms with van der Waals surface area (Å²) in [5.41, 5.74) is 3.25. The van der Waals surface area contributed by atoms with Gasteiger partial charge in [-0.3, -0.25) is 4.79 Å². The van der Waals surface area contributed by atoms with Crippen LogP contribution in [-0.2, 0) is 11.2 Å². The highest BCUT2D eigenvalue weighted by Gasteiger charge is 2.09. The Morgan fingerprint density at radius 1 is 1.16 bits per heavy atom. The van der Waals surface area contributed by atoms with E-state index in [1.165, 1.54) is 11.3 Å². The van der Waals surface area contributed by atoms with Crippen LogP contribution in [0.15, 0.2) is 47.8 Å². The molecule has 0 aliphatic heterocycles. The second-order valence-corrected chi connectivity index (χ2v) is 7.01. The quantitative estimate of drug-likeness (QED) is 0.589. The number of carboxylic acids is 1. The summed E-state index contributed by atoms with van der Waals surface area (Å²) in [6.45, 7) is 0. The monoisotopic (exact) mass is 389 g/mol. The molecule has 1 aromatic heterocycles. The molecule has 0 fully saturated rings. The summed E-state index contributed by atoms with van der Waals surface area (Å²) < 4.78 is 0. The van der Waals surface area contributed by atoms with Crippen molar-refractivity contribution >= 4 is 52.7 Å². The van der Waals surface area contributed by atoms with Crippen molar-refractivity contribution in [1.82, 2.24) is 4.98 Å². The molecule has 0 aliphatic carbocycles. The van der Waals surface area contributed by atoms with Gasteiger partial charge in [0.05, 0.1) is 17.1 Å². The third-order valence-electron chi connectivity index (χ3n) is 3.51. The van der Waals surface area contributed by atoms with E-state index >= 15 is 0 Å². The Bertz CT molecular complexity index is 950. The summed E-state index contributed by atoms with van der Waals surface area (Å²) in [4.78, 5) is 15.5. The lowest BCUT2D eigenvalue weighted by molar-refractivity contribution is -0.136. The highest BCUT2D eigenvalue weighted by atomic mass is 35.5. The van der Waals surface area contributed by atoms with Crippen LogP contribution in [0.5, 0.6) is 0 Å². The molecule has 3 aromatic rings. The molecule has 25 heavy (non-hydrogen) atoms. The third kappa shape index (κ3) is 4.48. The summed E-state index contributed by atoms with van der Waals surface area (Å²) >= 11 is 13.6. The summed E-state index contributed by atoms with van der Waals surface area (Å²) in [5, 5.41) is 12.9. The molecule has 0 unspecified atom stereocenters. The first-order chi connectivity index (χ1) is 12.0. The normalized spacial score (nSPS) is 11.1. The molecule has 0 atom stereocenters. The van der Waals surface area contributed by atoms with E-state index in [1.807, 2.05) is 47.9 Å². The molecule has 6 heteroatoms. The molecular formula is C19H13Cl2NO2S. The molecule has 0 aliphatic rings. The van der Waals surface area contributed by atoms with Crippen LogP contribution in [0.25, 0.3) is 22.7 Å². The lowest BCUT2D eigenvalue weighted by Gasteiger charge is -2.02. The maximum Gasteiger partial charge on any atom is 0.307 e. The first kappa shape index (κ1) is 17.7. The van der Waals surface area contributed by atoms with E-state index in [1.54, 1.807) is 12.1 Å². The first-order valence-corrected chi connectivity index (χ1v) is 9.05. The van der Waals surface area contributed by atoms with Crippen molar-refractivity contribution in [3.05, 3.63) is 74.7 Å². The van der Waals surface area contributed by atoms with Gasteiger partial charge < -0.3 is 5.11 Å². The fourth-order valence-electron chi connectivity index (χ4n) is 2.35. The van der Waals surface area contributed by atoms with Gasteiger partial charge in [-0.1, -0.05) is 53.5 Å². The molecule has 0 amide bonds. The van der Waals surface area contributed by atoms with Crippen LogP contribution in [0.4, 0.5) is 0 Å². The lowest BCUT2D eigenvalue weighted by atomic mass is 10.0. The molecule has 126 valence electrons. The average Bonchev–Trinajstić information content (AvgIpc) is 3.02. The predicted octanol–water partition coefficient (Wildman–Crippen LogP) is 5.91. The number of nitrogens with zero attached hydrogens (tertiary/aromatic N) is 1. The Hall–Kier alpha value is -2.14. The van der Waals surface area contributed by atoms with Crippen LogP contribution in [0.1, 0.15) is 16.8 Å². The highest BCUT2D eigenvalue weighted by Crippen LogP contribution is 2.32. The molecular weight excluding hydrogens is 377 g/mol. The van der Waals surface area contributed by atoms with E-state index in [4.69, 9.17) is 28.3 Å². The number of carboxylic acid groups (broad SMARTS) is 1. The summed E-state index contributed by atoms with van der Waals surface area (Å²) in [6, 6.07) is 12.7. The van der Waals surface area contributed by atoms with Crippen LogP contribution in [0.3, 0.4) is 0 Å². The van der Waals surface area contributed by atoms with Gasteiger partial charge in [-0.15, -0.1) is 11.3 Å². The zero-order valence-electron chi connectivity index (χ0n) is 12.9. The fourth-order valence-corrected chi connectivity index (χ4v) is 3.73. The third-order valence-corrected chi connectivity index (χ3v) is 4.96. The van der Waals surface area contributed by atoms with Gasteiger partial charge in [0.15, 0.2) is 0 Å². The van der Waals surface area contributed by atoms with Gasteiger partial charge in [-0.2, -0.15) is 0 Å². The van der Waals surface area contributed by atoms with Crippen LogP contribution < -0.4 is 0 Å². The topological polar surface area (TPSA) is 50.2 Å². The predicted molar refractivity (Wildman–Crippen MR) is 104 cm³/mol. The minimum absolute atomic E-state index is 0.0107. The number of aromatic nitrogens is 1. The van der Waals surface area contributed by atoms with Gasteiger partial charge in [0.25, 0.3) is 0 Å². The van der Waals surface area contributed by atoms with Crippen molar-refractivity contribution in [2.75, 3.05) is 0 Å². The maximum atomic E-state index is 11.0. The number of halogens is 2. The Labute approximate surface area is 159 Å². The van der Waals surface area contributed by atoms with Crippen molar-refractivity contribution < 1.29 is 9.90 Å². The molecule has 3 rings (SSSR count). The number of rotatable bonds is 5. The van der Waals surface area contributed by atoms with Crippen LogP contribution >= 0.6 is 34.5 Å². The molecule has 0 saturated heterocycles. The number of hydrogen-bond acceptors (Lipinski definition) is 3. The lowest BCUT2D eigenvalue weighted by Crippen LogP contribution is -2.01. The first-order valence-electron chi connectivity index (χ1n) is 7.41. The van der Waals surface area contributed by atoms with E-state index < -0.39 is 5.97 Å². The maximum absolute atomic E-state index is 11.0. The molecule has 3 nitrogen and oxygen atoms in total. The molecule has 1 heterocycles. The summed E-state index contributed by atoms with van der Waals surface area (Å²) in [6.07, 6.45) is 3.73. The van der Waals surface area contributed by atoms with Crippen molar-refractivity contribution in [3.63, 3.8) is 0 Å². The van der Waals surface area contributed by atoms with Crippen LogP contribution in [0, 0.1) is 0 Å². The largest absolute Gasteiger partial charge is 0.481 e. The second-order valence-electron chi connectivity index (χ2n) is 5.30. The van der Waals surface area contributed by atoms with Crippen molar-refractivity contribution in [2.24, 2.45) is 0 Å². The summed E-state index contributed by atoms with van der Waals surface area (Å²) in [7, 11) is 0. The minimum atomic E-state index is -0.853. The van der Waals surface area contributed by atoms with E-state index in [-0.39, 0.29) is 6.42 Å².